The maximum absolute atomic E-state index is 13.8. The van der Waals surface area contributed by atoms with Crippen molar-refractivity contribution in [1.29, 1.82) is 0 Å². The number of carbonyl (C=O) groups is 2. The van der Waals surface area contributed by atoms with Crippen molar-refractivity contribution in [3.8, 4) is 0 Å². The van der Waals surface area contributed by atoms with Crippen molar-refractivity contribution in [3.05, 3.63) is 89.2 Å². The number of carbonyl (C=O) groups excluding carboxylic acids is 2. The average molecular weight is 486 g/mol. The first-order valence-corrected chi connectivity index (χ1v) is 12.5. The minimum atomic E-state index is -0.113. The molecule has 1 N–H and O–H groups in total. The molecule has 0 bridgehead atoms. The highest BCUT2D eigenvalue weighted by Crippen LogP contribution is 2.31. The number of amides is 2. The quantitative estimate of drug-likeness (QED) is 0.492. The van der Waals surface area contributed by atoms with Gasteiger partial charge in [-0.1, -0.05) is 49.4 Å². The molecule has 1 aromatic heterocycles. The molecule has 0 fully saturated rings. The van der Waals surface area contributed by atoms with E-state index in [9.17, 15) is 9.59 Å². The van der Waals surface area contributed by atoms with Crippen molar-refractivity contribution in [2.75, 3.05) is 25.6 Å². The standard InChI is InChI=1S/C29H35N5O2/c1-5-23-20-22-13-9-14-25(27(22)34(4)31-23)29(36)33(3)24(19-21-11-7-6-8-12-21)16-17-30-28(35)26-15-10-18-32(26)2/h6-15,18,24H,5,16-17,19-20H2,1-4H3,(H,30,35). The molecule has 0 aliphatic carbocycles. The Kier molecular flexibility index (Phi) is 7.88. The van der Waals surface area contributed by atoms with Gasteiger partial charge in [-0.05, 0) is 48.6 Å². The van der Waals surface area contributed by atoms with Crippen molar-refractivity contribution in [3.63, 3.8) is 0 Å². The van der Waals surface area contributed by atoms with Gasteiger partial charge >= 0.3 is 0 Å². The highest BCUT2D eigenvalue weighted by molar-refractivity contribution is 6.02. The molecule has 0 saturated carbocycles. The van der Waals surface area contributed by atoms with Gasteiger partial charge in [0.25, 0.3) is 11.8 Å². The number of fused-ring (bicyclic) bond motifs is 1. The van der Waals surface area contributed by atoms with E-state index in [-0.39, 0.29) is 17.9 Å². The van der Waals surface area contributed by atoms with Gasteiger partial charge in [-0.15, -0.1) is 0 Å². The zero-order valence-electron chi connectivity index (χ0n) is 21.6. The molecule has 7 nitrogen and oxygen atoms in total. The first-order valence-electron chi connectivity index (χ1n) is 12.5. The second-order valence-electron chi connectivity index (χ2n) is 9.34. The average Bonchev–Trinajstić information content (AvgIpc) is 3.33. The van der Waals surface area contributed by atoms with Crippen molar-refractivity contribution < 1.29 is 9.59 Å². The van der Waals surface area contributed by atoms with Gasteiger partial charge in [0.05, 0.1) is 11.3 Å². The molecular weight excluding hydrogens is 450 g/mol. The van der Waals surface area contributed by atoms with Gasteiger partial charge in [-0.2, -0.15) is 5.10 Å². The number of rotatable bonds is 9. The molecule has 3 aromatic rings. The molecule has 0 radical (unpaired) electrons. The Morgan fingerprint density at radius 2 is 1.83 bits per heavy atom. The van der Waals surface area contributed by atoms with Crippen LogP contribution >= 0.6 is 0 Å². The molecule has 0 saturated heterocycles. The predicted molar refractivity (Wildman–Crippen MR) is 145 cm³/mol. The van der Waals surface area contributed by atoms with Crippen LogP contribution in [0.3, 0.4) is 0 Å². The summed E-state index contributed by atoms with van der Waals surface area (Å²) in [6.07, 6.45) is 4.84. The Hall–Kier alpha value is -3.87. The Morgan fingerprint density at radius 3 is 2.53 bits per heavy atom. The summed E-state index contributed by atoms with van der Waals surface area (Å²) < 4.78 is 1.80. The minimum Gasteiger partial charge on any atom is -0.351 e. The summed E-state index contributed by atoms with van der Waals surface area (Å²) in [6.45, 7) is 2.57. The van der Waals surface area contributed by atoms with Crippen LogP contribution in [0.4, 0.5) is 5.69 Å². The fourth-order valence-electron chi connectivity index (χ4n) is 4.82. The number of anilines is 1. The second-order valence-corrected chi connectivity index (χ2v) is 9.34. The van der Waals surface area contributed by atoms with Crippen LogP contribution in [0.1, 0.15) is 51.7 Å². The van der Waals surface area contributed by atoms with Crippen molar-refractivity contribution in [2.24, 2.45) is 12.1 Å². The molecular formula is C29H35N5O2. The fourth-order valence-corrected chi connectivity index (χ4v) is 4.82. The van der Waals surface area contributed by atoms with Crippen LogP contribution in [0.5, 0.6) is 0 Å². The first-order chi connectivity index (χ1) is 17.4. The SMILES string of the molecule is CCC1=NN(C)c2c(cccc2C(=O)N(C)C(CCNC(=O)c2cccn2C)Cc2ccccc2)C1. The first kappa shape index (κ1) is 25.2. The van der Waals surface area contributed by atoms with E-state index in [1.54, 1.807) is 10.6 Å². The number of benzene rings is 2. The van der Waals surface area contributed by atoms with Gasteiger partial charge in [0.2, 0.25) is 0 Å². The molecule has 1 aliphatic rings. The van der Waals surface area contributed by atoms with Crippen molar-refractivity contribution in [1.82, 2.24) is 14.8 Å². The zero-order valence-corrected chi connectivity index (χ0v) is 21.6. The highest BCUT2D eigenvalue weighted by Gasteiger charge is 2.27. The number of nitrogens with zero attached hydrogens (tertiary/aromatic N) is 4. The molecule has 2 heterocycles. The van der Waals surface area contributed by atoms with Gasteiger partial charge in [-0.25, -0.2) is 0 Å². The smallest absolute Gasteiger partial charge is 0.267 e. The molecule has 0 spiro atoms. The van der Waals surface area contributed by atoms with Crippen LogP contribution in [-0.4, -0.2) is 53.7 Å². The summed E-state index contributed by atoms with van der Waals surface area (Å²) in [6, 6.07) is 19.6. The third-order valence-electron chi connectivity index (χ3n) is 6.89. The number of aryl methyl sites for hydroxylation is 1. The van der Waals surface area contributed by atoms with Crippen molar-refractivity contribution >= 4 is 23.2 Å². The second kappa shape index (κ2) is 11.2. The van der Waals surface area contributed by atoms with Gasteiger partial charge in [0, 0.05) is 52.1 Å². The topological polar surface area (TPSA) is 69.9 Å². The van der Waals surface area contributed by atoms with E-state index in [1.807, 2.05) is 73.6 Å². The van der Waals surface area contributed by atoms with E-state index >= 15 is 0 Å². The molecule has 4 rings (SSSR count). The van der Waals surface area contributed by atoms with Crippen LogP contribution < -0.4 is 10.3 Å². The largest absolute Gasteiger partial charge is 0.351 e. The molecule has 1 aliphatic heterocycles. The monoisotopic (exact) mass is 485 g/mol. The summed E-state index contributed by atoms with van der Waals surface area (Å²) >= 11 is 0. The van der Waals surface area contributed by atoms with Gasteiger partial charge in [0.15, 0.2) is 0 Å². The number of aromatic nitrogens is 1. The van der Waals surface area contributed by atoms with Crippen LogP contribution in [0.25, 0.3) is 0 Å². The van der Waals surface area contributed by atoms with Crippen molar-refractivity contribution in [2.45, 2.75) is 38.6 Å². The van der Waals surface area contributed by atoms with E-state index in [2.05, 4.69) is 35.5 Å². The normalized spacial score (nSPS) is 13.6. The van der Waals surface area contributed by atoms with Crippen LogP contribution in [0, 0.1) is 0 Å². The van der Waals surface area contributed by atoms with E-state index in [0.717, 1.165) is 35.4 Å². The molecule has 188 valence electrons. The molecule has 7 heteroatoms. The van der Waals surface area contributed by atoms with Crippen LogP contribution in [0.2, 0.25) is 0 Å². The zero-order chi connectivity index (χ0) is 25.7. The van der Waals surface area contributed by atoms with Gasteiger partial charge < -0.3 is 14.8 Å². The van der Waals surface area contributed by atoms with Gasteiger partial charge in [-0.3, -0.25) is 14.6 Å². The highest BCUT2D eigenvalue weighted by atomic mass is 16.2. The third kappa shape index (κ3) is 5.51. The maximum atomic E-state index is 13.8. The number of para-hydroxylation sites is 1. The lowest BCUT2D eigenvalue weighted by Crippen LogP contribution is -2.41. The summed E-state index contributed by atoms with van der Waals surface area (Å²) in [5, 5.41) is 9.55. The molecule has 1 unspecified atom stereocenters. The number of hydrogen-bond acceptors (Lipinski definition) is 4. The molecule has 2 aromatic carbocycles. The molecule has 36 heavy (non-hydrogen) atoms. The van der Waals surface area contributed by atoms with E-state index in [1.165, 1.54) is 0 Å². The Labute approximate surface area is 213 Å². The predicted octanol–water partition coefficient (Wildman–Crippen LogP) is 4.29. The third-order valence-corrected chi connectivity index (χ3v) is 6.89. The number of nitrogens with one attached hydrogen (secondary N) is 1. The van der Waals surface area contributed by atoms with E-state index < -0.39 is 0 Å². The number of hydrogen-bond donors (Lipinski definition) is 1. The number of hydrazone groups is 1. The van der Waals surface area contributed by atoms with E-state index in [0.29, 0.717) is 30.6 Å². The molecule has 1 atom stereocenters. The Balaban J connectivity index is 1.53. The summed E-state index contributed by atoms with van der Waals surface area (Å²) in [7, 11) is 5.62. The van der Waals surface area contributed by atoms with Crippen LogP contribution in [-0.2, 0) is 19.9 Å². The lowest BCUT2D eigenvalue weighted by atomic mass is 9.97. The summed E-state index contributed by atoms with van der Waals surface area (Å²) in [4.78, 5) is 28.3. The lowest BCUT2D eigenvalue weighted by Gasteiger charge is -2.32. The lowest BCUT2D eigenvalue weighted by molar-refractivity contribution is 0.0723. The van der Waals surface area contributed by atoms with Crippen LogP contribution in [0.15, 0.2) is 72.0 Å². The Morgan fingerprint density at radius 1 is 1.06 bits per heavy atom. The molecule has 2 amide bonds. The number of likely N-dealkylation sites (N-methyl/N-ethyl adjacent to an activating group) is 1. The summed E-state index contributed by atoms with van der Waals surface area (Å²) in [5.41, 5.74) is 5.53. The van der Waals surface area contributed by atoms with Gasteiger partial charge in [0.1, 0.15) is 5.69 Å². The van der Waals surface area contributed by atoms with E-state index in [4.69, 9.17) is 0 Å². The summed E-state index contributed by atoms with van der Waals surface area (Å²) in [5.74, 6) is -0.151. The Bertz CT molecular complexity index is 1250. The fraction of sp³-hybridized carbons (Fsp3) is 0.345. The minimum absolute atomic E-state index is 0.0384. The maximum Gasteiger partial charge on any atom is 0.267 e.